The molecule has 126 valence electrons. The molecule has 6 heteroatoms. The molecule has 0 radical (unpaired) electrons. The van der Waals surface area contributed by atoms with Gasteiger partial charge >= 0.3 is 0 Å². The zero-order valence-corrected chi connectivity index (χ0v) is 13.7. The molecule has 0 bridgehead atoms. The second-order valence-electron chi connectivity index (χ2n) is 5.28. The molecule has 0 fully saturated rings. The van der Waals surface area contributed by atoms with Crippen LogP contribution < -0.4 is 20.5 Å². The van der Waals surface area contributed by atoms with Crippen LogP contribution in [-0.2, 0) is 11.2 Å². The van der Waals surface area contributed by atoms with Crippen LogP contribution in [0, 0.1) is 5.41 Å². The van der Waals surface area contributed by atoms with E-state index < -0.39 is 5.92 Å². The molecule has 6 nitrogen and oxygen atoms in total. The zero-order valence-electron chi connectivity index (χ0n) is 13.7. The molecule has 0 aromatic heterocycles. The molecule has 2 aromatic rings. The van der Waals surface area contributed by atoms with Crippen LogP contribution in [-0.4, -0.2) is 26.1 Å². The molecular formula is C18H21N3O3. The van der Waals surface area contributed by atoms with Crippen molar-refractivity contribution in [3.8, 4) is 11.5 Å². The van der Waals surface area contributed by atoms with Gasteiger partial charge in [0.05, 0.1) is 20.1 Å². The van der Waals surface area contributed by atoms with Crippen molar-refractivity contribution >= 4 is 11.9 Å². The Labute approximate surface area is 141 Å². The SMILES string of the molecule is COc1ccc(C[C@@H](C(=O)NC(=N)N)c2ccc(OC)cc2)cc1. The molecule has 0 spiro atoms. The monoisotopic (exact) mass is 327 g/mol. The van der Waals surface area contributed by atoms with Gasteiger partial charge in [0.2, 0.25) is 5.91 Å². The summed E-state index contributed by atoms with van der Waals surface area (Å²) in [6.07, 6.45) is 0.482. The van der Waals surface area contributed by atoms with E-state index in [4.69, 9.17) is 20.6 Å². The van der Waals surface area contributed by atoms with Gasteiger partial charge in [-0.2, -0.15) is 0 Å². The highest BCUT2D eigenvalue weighted by Gasteiger charge is 2.22. The Hall–Kier alpha value is -3.02. The van der Waals surface area contributed by atoms with E-state index in [0.717, 1.165) is 16.9 Å². The lowest BCUT2D eigenvalue weighted by molar-refractivity contribution is -0.121. The van der Waals surface area contributed by atoms with E-state index in [9.17, 15) is 4.79 Å². The highest BCUT2D eigenvalue weighted by Crippen LogP contribution is 2.24. The van der Waals surface area contributed by atoms with Gasteiger partial charge in [-0.25, -0.2) is 0 Å². The maximum atomic E-state index is 12.4. The molecule has 0 aliphatic rings. The van der Waals surface area contributed by atoms with Crippen LogP contribution in [0.3, 0.4) is 0 Å². The molecule has 0 aliphatic carbocycles. The van der Waals surface area contributed by atoms with Gasteiger partial charge in [0.1, 0.15) is 11.5 Å². The van der Waals surface area contributed by atoms with E-state index in [1.54, 1.807) is 26.4 Å². The van der Waals surface area contributed by atoms with Gasteiger partial charge in [0.15, 0.2) is 5.96 Å². The maximum absolute atomic E-state index is 12.4. The Bertz CT molecular complexity index is 696. The molecule has 2 rings (SSSR count). The average molecular weight is 327 g/mol. The molecule has 4 N–H and O–H groups in total. The molecule has 24 heavy (non-hydrogen) atoms. The van der Waals surface area contributed by atoms with Crippen molar-refractivity contribution in [1.29, 1.82) is 5.41 Å². The number of guanidine groups is 1. The van der Waals surface area contributed by atoms with Crippen LogP contribution in [0.5, 0.6) is 11.5 Å². The highest BCUT2D eigenvalue weighted by atomic mass is 16.5. The fraction of sp³-hybridized carbons (Fsp3) is 0.222. The second kappa shape index (κ2) is 8.01. The van der Waals surface area contributed by atoms with Crippen LogP contribution >= 0.6 is 0 Å². The number of methoxy groups -OCH3 is 2. The van der Waals surface area contributed by atoms with Crippen LogP contribution in [0.4, 0.5) is 0 Å². The number of benzene rings is 2. The topological polar surface area (TPSA) is 97.4 Å². The number of hydrogen-bond acceptors (Lipinski definition) is 4. The van der Waals surface area contributed by atoms with Crippen molar-refractivity contribution in [3.05, 3.63) is 59.7 Å². The summed E-state index contributed by atoms with van der Waals surface area (Å²) in [7, 11) is 3.20. The van der Waals surface area contributed by atoms with Gasteiger partial charge in [0.25, 0.3) is 0 Å². The van der Waals surface area contributed by atoms with Gasteiger partial charge in [-0.05, 0) is 41.8 Å². The minimum absolute atomic E-state index is 0.316. The molecule has 0 aliphatic heterocycles. The molecule has 1 amide bonds. The number of rotatable bonds is 6. The number of carbonyl (C=O) groups is 1. The molecule has 1 atom stereocenters. The summed E-state index contributed by atoms with van der Waals surface area (Å²) in [5.74, 6) is 0.326. The molecule has 2 aromatic carbocycles. The fourth-order valence-corrected chi connectivity index (χ4v) is 2.42. The van der Waals surface area contributed by atoms with E-state index in [-0.39, 0.29) is 11.9 Å². The van der Waals surface area contributed by atoms with Gasteiger partial charge in [0, 0.05) is 0 Å². The fourth-order valence-electron chi connectivity index (χ4n) is 2.42. The highest BCUT2D eigenvalue weighted by molar-refractivity contribution is 5.98. The van der Waals surface area contributed by atoms with E-state index in [2.05, 4.69) is 5.32 Å². The lowest BCUT2D eigenvalue weighted by atomic mass is 9.91. The van der Waals surface area contributed by atoms with E-state index in [1.165, 1.54) is 0 Å². The number of nitrogens with one attached hydrogen (secondary N) is 2. The molecule has 0 saturated carbocycles. The van der Waals surface area contributed by atoms with E-state index in [1.807, 2.05) is 36.4 Å². The summed E-state index contributed by atoms with van der Waals surface area (Å²) in [6.45, 7) is 0. The maximum Gasteiger partial charge on any atom is 0.234 e. The normalized spacial score (nSPS) is 11.4. The Morgan fingerprint density at radius 1 is 1.04 bits per heavy atom. The van der Waals surface area contributed by atoms with Crippen molar-refractivity contribution in [2.24, 2.45) is 5.73 Å². The van der Waals surface area contributed by atoms with Crippen LogP contribution in [0.25, 0.3) is 0 Å². The van der Waals surface area contributed by atoms with Gasteiger partial charge in [-0.3, -0.25) is 15.5 Å². The van der Waals surface area contributed by atoms with E-state index in [0.29, 0.717) is 12.2 Å². The molecular weight excluding hydrogens is 306 g/mol. The van der Waals surface area contributed by atoms with Crippen molar-refractivity contribution in [1.82, 2.24) is 5.32 Å². The first-order valence-corrected chi connectivity index (χ1v) is 7.45. The Morgan fingerprint density at radius 3 is 2.00 bits per heavy atom. The number of carbonyl (C=O) groups excluding carboxylic acids is 1. The number of hydrogen-bond donors (Lipinski definition) is 3. The smallest absolute Gasteiger partial charge is 0.234 e. The molecule has 0 saturated heterocycles. The van der Waals surface area contributed by atoms with Gasteiger partial charge in [-0.1, -0.05) is 24.3 Å². The summed E-state index contributed by atoms with van der Waals surface area (Å²) >= 11 is 0. The van der Waals surface area contributed by atoms with E-state index >= 15 is 0 Å². The van der Waals surface area contributed by atoms with Crippen LogP contribution in [0.2, 0.25) is 0 Å². The number of nitrogens with two attached hydrogens (primary N) is 1. The molecule has 0 heterocycles. The lowest BCUT2D eigenvalue weighted by Crippen LogP contribution is -2.39. The molecule has 0 unspecified atom stereocenters. The Kier molecular flexibility index (Phi) is 5.78. The van der Waals surface area contributed by atoms with Crippen LogP contribution in [0.1, 0.15) is 17.0 Å². The average Bonchev–Trinajstić information content (AvgIpc) is 2.59. The number of amides is 1. The summed E-state index contributed by atoms with van der Waals surface area (Å²) in [5.41, 5.74) is 7.11. The van der Waals surface area contributed by atoms with Gasteiger partial charge in [-0.15, -0.1) is 0 Å². The summed E-state index contributed by atoms with van der Waals surface area (Å²) in [6, 6.07) is 14.8. The third-order valence-electron chi connectivity index (χ3n) is 3.69. The zero-order chi connectivity index (χ0) is 17.5. The summed E-state index contributed by atoms with van der Waals surface area (Å²) in [5, 5.41) is 9.67. The first-order valence-electron chi connectivity index (χ1n) is 7.45. The lowest BCUT2D eigenvalue weighted by Gasteiger charge is -2.17. The third kappa shape index (κ3) is 4.49. The van der Waals surface area contributed by atoms with Gasteiger partial charge < -0.3 is 15.2 Å². The first kappa shape index (κ1) is 17.3. The largest absolute Gasteiger partial charge is 0.497 e. The Morgan fingerprint density at radius 2 is 1.54 bits per heavy atom. The first-order chi connectivity index (χ1) is 11.5. The van der Waals surface area contributed by atoms with Crippen molar-refractivity contribution in [2.75, 3.05) is 14.2 Å². The Balaban J connectivity index is 2.26. The van der Waals surface area contributed by atoms with Crippen molar-refractivity contribution < 1.29 is 14.3 Å². The quantitative estimate of drug-likeness (QED) is 0.558. The summed E-state index contributed by atoms with van der Waals surface area (Å²) in [4.78, 5) is 12.4. The predicted molar refractivity (Wildman–Crippen MR) is 92.5 cm³/mol. The second-order valence-corrected chi connectivity index (χ2v) is 5.28. The van der Waals surface area contributed by atoms with Crippen molar-refractivity contribution in [3.63, 3.8) is 0 Å². The standard InChI is InChI=1S/C18H21N3O3/c1-23-14-7-3-12(4-8-14)11-16(17(22)21-18(19)20)13-5-9-15(24-2)10-6-13/h3-10,16H,11H2,1-2H3,(H4,19,20,21,22)/t16-/m1/s1. The minimum Gasteiger partial charge on any atom is -0.497 e. The minimum atomic E-state index is -0.465. The van der Waals surface area contributed by atoms with Crippen molar-refractivity contribution in [2.45, 2.75) is 12.3 Å². The van der Waals surface area contributed by atoms with Crippen LogP contribution in [0.15, 0.2) is 48.5 Å². The summed E-state index contributed by atoms with van der Waals surface area (Å²) < 4.78 is 10.3. The predicted octanol–water partition coefficient (Wildman–Crippen LogP) is 2.04. The number of ether oxygens (including phenoxy) is 2. The third-order valence-corrected chi connectivity index (χ3v) is 3.69.